The normalized spacial score (nSPS) is 22.5. The Morgan fingerprint density at radius 1 is 1.14 bits per heavy atom. The quantitative estimate of drug-likeness (QED) is 0.640. The van der Waals surface area contributed by atoms with Crippen LogP contribution in [0.1, 0.15) is 25.3 Å². The number of hydrogen-bond acceptors (Lipinski definition) is 4. The third-order valence-electron chi connectivity index (χ3n) is 5.61. The lowest BCUT2D eigenvalue weighted by Crippen LogP contribution is -2.39. The molecule has 0 radical (unpaired) electrons. The summed E-state index contributed by atoms with van der Waals surface area (Å²) >= 11 is 1.73. The van der Waals surface area contributed by atoms with Crippen LogP contribution < -0.4 is 5.56 Å². The Kier molecular flexibility index (Phi) is 5.32. The standard InChI is InChI=1S/C23H25NO3S/c1-16-15-23(26-3,11-12-27-16)18-5-4-6-19(14-18)28-20-8-9-21-17(13-20)7-10-22(25)24(21)2/h4-10,13-14,16H,11-12,15H2,1-3H3/t16-,23+/m0/s1. The Morgan fingerprint density at radius 2 is 1.96 bits per heavy atom. The SMILES string of the molecule is CO[C@]1(c2cccc(Sc3ccc4c(ccc(=O)n4C)c3)c2)CCO[C@@H](C)C1. The number of nitrogens with zero attached hydrogens (tertiary/aromatic N) is 1. The fourth-order valence-electron chi connectivity index (χ4n) is 4.02. The van der Waals surface area contributed by atoms with Crippen LogP contribution in [0, 0.1) is 0 Å². The first-order valence-corrected chi connectivity index (χ1v) is 10.4. The Labute approximate surface area is 169 Å². The summed E-state index contributed by atoms with van der Waals surface area (Å²) in [5.41, 5.74) is 1.88. The summed E-state index contributed by atoms with van der Waals surface area (Å²) < 4.78 is 13.4. The number of fused-ring (bicyclic) bond motifs is 1. The molecule has 1 saturated heterocycles. The second-order valence-electron chi connectivity index (χ2n) is 7.42. The van der Waals surface area contributed by atoms with Crippen molar-refractivity contribution in [3.05, 3.63) is 70.5 Å². The molecule has 2 aromatic carbocycles. The van der Waals surface area contributed by atoms with E-state index in [1.807, 2.05) is 12.1 Å². The van der Waals surface area contributed by atoms with Gasteiger partial charge in [0.2, 0.25) is 0 Å². The third-order valence-corrected chi connectivity index (χ3v) is 6.59. The highest BCUT2D eigenvalue weighted by Gasteiger charge is 2.37. The van der Waals surface area contributed by atoms with Crippen molar-refractivity contribution in [1.29, 1.82) is 0 Å². The average molecular weight is 396 g/mol. The summed E-state index contributed by atoms with van der Waals surface area (Å²) in [4.78, 5) is 14.1. The van der Waals surface area contributed by atoms with E-state index in [-0.39, 0.29) is 17.3 Å². The molecule has 2 heterocycles. The van der Waals surface area contributed by atoms with E-state index in [1.165, 1.54) is 10.5 Å². The molecule has 0 aliphatic carbocycles. The maximum atomic E-state index is 11.8. The molecular formula is C23H25NO3S. The molecule has 3 aromatic rings. The summed E-state index contributed by atoms with van der Waals surface area (Å²) in [5.74, 6) is 0. The van der Waals surface area contributed by atoms with Gasteiger partial charge in [-0.1, -0.05) is 23.9 Å². The van der Waals surface area contributed by atoms with Crippen molar-refractivity contribution in [3.8, 4) is 0 Å². The van der Waals surface area contributed by atoms with E-state index < -0.39 is 0 Å². The molecule has 2 atom stereocenters. The van der Waals surface area contributed by atoms with Crippen molar-refractivity contribution in [2.24, 2.45) is 7.05 Å². The Morgan fingerprint density at radius 3 is 2.75 bits per heavy atom. The van der Waals surface area contributed by atoms with Crippen molar-refractivity contribution in [1.82, 2.24) is 4.57 Å². The molecule has 146 valence electrons. The first kappa shape index (κ1) is 19.2. The Hall–Kier alpha value is -2.08. The molecule has 0 N–H and O–H groups in total. The zero-order valence-electron chi connectivity index (χ0n) is 16.5. The highest BCUT2D eigenvalue weighted by Crippen LogP contribution is 2.40. The fraction of sp³-hybridized carbons (Fsp3) is 0.348. The monoisotopic (exact) mass is 395 g/mol. The van der Waals surface area contributed by atoms with E-state index in [9.17, 15) is 4.79 Å². The summed E-state index contributed by atoms with van der Waals surface area (Å²) in [6.07, 6.45) is 1.92. The predicted molar refractivity (Wildman–Crippen MR) is 113 cm³/mol. The predicted octanol–water partition coefficient (Wildman–Crippen LogP) is 4.73. The number of pyridine rings is 1. The molecule has 0 unspecified atom stereocenters. The molecule has 5 heteroatoms. The number of ether oxygens (including phenoxy) is 2. The molecule has 0 saturated carbocycles. The van der Waals surface area contributed by atoms with E-state index in [0.717, 1.165) is 35.2 Å². The van der Waals surface area contributed by atoms with Gasteiger partial charge in [-0.2, -0.15) is 0 Å². The van der Waals surface area contributed by atoms with Gasteiger partial charge in [-0.05, 0) is 54.3 Å². The lowest BCUT2D eigenvalue weighted by atomic mass is 9.84. The molecule has 0 spiro atoms. The van der Waals surface area contributed by atoms with Gasteiger partial charge in [-0.25, -0.2) is 0 Å². The van der Waals surface area contributed by atoms with Gasteiger partial charge in [0.1, 0.15) is 0 Å². The van der Waals surface area contributed by atoms with E-state index in [2.05, 4.69) is 43.3 Å². The van der Waals surface area contributed by atoms with Crippen LogP contribution in [0.5, 0.6) is 0 Å². The van der Waals surface area contributed by atoms with Crippen molar-refractivity contribution in [3.63, 3.8) is 0 Å². The lowest BCUT2D eigenvalue weighted by molar-refractivity contribution is -0.122. The van der Waals surface area contributed by atoms with Crippen LogP contribution in [-0.4, -0.2) is 24.4 Å². The van der Waals surface area contributed by atoms with Gasteiger partial charge in [0, 0.05) is 42.9 Å². The van der Waals surface area contributed by atoms with E-state index in [0.29, 0.717) is 0 Å². The molecule has 0 amide bonds. The number of aromatic nitrogens is 1. The number of hydrogen-bond donors (Lipinski definition) is 0. The minimum absolute atomic E-state index is 0.0103. The zero-order valence-corrected chi connectivity index (χ0v) is 17.3. The van der Waals surface area contributed by atoms with E-state index in [4.69, 9.17) is 9.47 Å². The van der Waals surface area contributed by atoms with Crippen LogP contribution in [0.4, 0.5) is 0 Å². The molecule has 1 aliphatic rings. The van der Waals surface area contributed by atoms with Gasteiger partial charge in [0.05, 0.1) is 23.8 Å². The maximum absolute atomic E-state index is 11.8. The number of aryl methyl sites for hydroxylation is 1. The van der Waals surface area contributed by atoms with Gasteiger partial charge in [0.25, 0.3) is 5.56 Å². The number of methoxy groups -OCH3 is 1. The molecule has 28 heavy (non-hydrogen) atoms. The van der Waals surface area contributed by atoms with Gasteiger partial charge in [-0.3, -0.25) is 4.79 Å². The summed E-state index contributed by atoms with van der Waals surface area (Å²) in [6, 6.07) is 18.3. The summed E-state index contributed by atoms with van der Waals surface area (Å²) in [5, 5.41) is 1.06. The number of rotatable bonds is 4. The number of benzene rings is 2. The van der Waals surface area contributed by atoms with Gasteiger partial charge >= 0.3 is 0 Å². The summed E-state index contributed by atoms with van der Waals surface area (Å²) in [6.45, 7) is 2.82. The average Bonchev–Trinajstić information content (AvgIpc) is 2.71. The van der Waals surface area contributed by atoms with Gasteiger partial charge in [0.15, 0.2) is 0 Å². The maximum Gasteiger partial charge on any atom is 0.250 e. The van der Waals surface area contributed by atoms with Crippen LogP contribution in [-0.2, 0) is 22.1 Å². The van der Waals surface area contributed by atoms with Gasteiger partial charge in [-0.15, -0.1) is 0 Å². The summed E-state index contributed by atoms with van der Waals surface area (Å²) in [7, 11) is 3.60. The first-order valence-electron chi connectivity index (χ1n) is 9.56. The highest BCUT2D eigenvalue weighted by atomic mass is 32.2. The third kappa shape index (κ3) is 3.62. The molecule has 1 aromatic heterocycles. The van der Waals surface area contributed by atoms with Crippen LogP contribution in [0.25, 0.3) is 10.9 Å². The topological polar surface area (TPSA) is 40.5 Å². The molecule has 1 aliphatic heterocycles. The molecule has 4 rings (SSSR count). The van der Waals surface area contributed by atoms with Crippen LogP contribution in [0.2, 0.25) is 0 Å². The van der Waals surface area contributed by atoms with Crippen LogP contribution >= 0.6 is 11.8 Å². The Bertz CT molecular complexity index is 1060. The second-order valence-corrected chi connectivity index (χ2v) is 8.56. The van der Waals surface area contributed by atoms with Gasteiger partial charge < -0.3 is 14.0 Å². The Balaban J connectivity index is 1.64. The van der Waals surface area contributed by atoms with Crippen LogP contribution in [0.15, 0.2) is 69.2 Å². The minimum Gasteiger partial charge on any atom is -0.378 e. The van der Waals surface area contributed by atoms with Crippen molar-refractivity contribution < 1.29 is 9.47 Å². The van der Waals surface area contributed by atoms with E-state index in [1.54, 1.807) is 36.6 Å². The smallest absolute Gasteiger partial charge is 0.250 e. The fourth-order valence-corrected chi connectivity index (χ4v) is 4.95. The first-order chi connectivity index (χ1) is 13.5. The largest absolute Gasteiger partial charge is 0.378 e. The molecular weight excluding hydrogens is 370 g/mol. The molecule has 4 nitrogen and oxygen atoms in total. The van der Waals surface area contributed by atoms with Crippen molar-refractivity contribution >= 4 is 22.7 Å². The van der Waals surface area contributed by atoms with Crippen molar-refractivity contribution in [2.45, 2.75) is 41.3 Å². The minimum atomic E-state index is -0.282. The lowest BCUT2D eigenvalue weighted by Gasteiger charge is -2.39. The molecule has 1 fully saturated rings. The van der Waals surface area contributed by atoms with Crippen LogP contribution in [0.3, 0.4) is 0 Å². The highest BCUT2D eigenvalue weighted by molar-refractivity contribution is 7.99. The van der Waals surface area contributed by atoms with Crippen molar-refractivity contribution in [2.75, 3.05) is 13.7 Å². The second kappa shape index (κ2) is 7.74. The molecule has 0 bridgehead atoms. The van der Waals surface area contributed by atoms with E-state index >= 15 is 0 Å². The zero-order chi connectivity index (χ0) is 19.7.